The lowest BCUT2D eigenvalue weighted by atomic mass is 10.2. The van der Waals surface area contributed by atoms with Gasteiger partial charge in [0.25, 0.3) is 0 Å². The van der Waals surface area contributed by atoms with Crippen LogP contribution in [0.2, 0.25) is 0 Å². The Morgan fingerprint density at radius 2 is 1.90 bits per heavy atom. The highest BCUT2D eigenvalue weighted by Crippen LogP contribution is 2.09. The summed E-state index contributed by atoms with van der Waals surface area (Å²) in [5.74, 6) is 5.07. The number of ether oxygens (including phenoxy) is 1. The molecule has 0 atom stereocenters. The summed E-state index contributed by atoms with van der Waals surface area (Å²) in [6, 6.07) is 9.59. The van der Waals surface area contributed by atoms with Gasteiger partial charge in [0.15, 0.2) is 10.7 Å². The number of hydrogen-bond donors (Lipinski definition) is 1. The number of pyridine rings is 1. The summed E-state index contributed by atoms with van der Waals surface area (Å²) in [5.41, 5.74) is 1.18. The van der Waals surface area contributed by atoms with Crippen LogP contribution >= 0.6 is 0 Å². The highest BCUT2D eigenvalue weighted by molar-refractivity contribution is 7.72. The normalized spacial score (nSPS) is 9.81. The number of hydrogen-bond acceptors (Lipinski definition) is 5. The van der Waals surface area contributed by atoms with Crippen LogP contribution in [0.3, 0.4) is 0 Å². The zero-order chi connectivity index (χ0) is 15.2. The highest BCUT2D eigenvalue weighted by Gasteiger charge is 2.05. The second-order valence-electron chi connectivity index (χ2n) is 3.95. The molecule has 0 aliphatic heterocycles. The molecule has 1 heterocycles. The first kappa shape index (κ1) is 14.8. The molecule has 6 heteroatoms. The zero-order valence-electron chi connectivity index (χ0n) is 11.1. The average molecular weight is 301 g/mol. The average Bonchev–Trinajstić information content (AvgIpc) is 2.52. The predicted molar refractivity (Wildman–Crippen MR) is 76.6 cm³/mol. The van der Waals surface area contributed by atoms with Gasteiger partial charge >= 0.3 is 5.97 Å². The van der Waals surface area contributed by atoms with Gasteiger partial charge in [-0.05, 0) is 24.3 Å². The van der Waals surface area contributed by atoms with Crippen LogP contribution in [0.1, 0.15) is 21.6 Å². The largest absolute Gasteiger partial charge is 0.464 e. The molecule has 0 aliphatic rings. The topological polar surface area (TPSA) is 73.3 Å². The minimum Gasteiger partial charge on any atom is -0.464 e. The Bertz CT molecular complexity index is 790. The van der Waals surface area contributed by atoms with Crippen molar-refractivity contribution in [2.45, 2.75) is 4.90 Å². The number of nitrogens with zero attached hydrogens (tertiary/aromatic N) is 1. The van der Waals surface area contributed by atoms with Gasteiger partial charge in [-0.15, -0.1) is 0 Å². The molecule has 0 radical (unpaired) electrons. The number of esters is 1. The number of rotatable bonds is 2. The first-order valence-electron chi connectivity index (χ1n) is 5.91. The molecule has 0 spiro atoms. The minimum absolute atomic E-state index is 0.180. The van der Waals surface area contributed by atoms with Crippen molar-refractivity contribution in [3.05, 3.63) is 59.4 Å². The summed E-state index contributed by atoms with van der Waals surface area (Å²) in [7, 11) is -1.42. The third-order valence-electron chi connectivity index (χ3n) is 2.60. The number of carbonyl (C=O) groups is 1. The van der Waals surface area contributed by atoms with Crippen LogP contribution in [0, 0.1) is 11.8 Å². The van der Waals surface area contributed by atoms with Crippen molar-refractivity contribution >= 4 is 16.7 Å². The third-order valence-corrected chi connectivity index (χ3v) is 3.38. The van der Waals surface area contributed by atoms with Crippen LogP contribution in [0.15, 0.2) is 47.5 Å². The molecule has 106 valence electrons. The van der Waals surface area contributed by atoms with Gasteiger partial charge in [-0.1, -0.05) is 24.0 Å². The van der Waals surface area contributed by atoms with Gasteiger partial charge < -0.3 is 4.74 Å². The molecule has 0 saturated heterocycles. The quantitative estimate of drug-likeness (QED) is 0.513. The molecule has 0 fully saturated rings. The number of benzene rings is 1. The molecule has 0 saturated carbocycles. The molecule has 2 rings (SSSR count). The van der Waals surface area contributed by atoms with Gasteiger partial charge in [0, 0.05) is 17.3 Å². The molecule has 5 nitrogen and oxygen atoms in total. The van der Waals surface area contributed by atoms with Crippen molar-refractivity contribution in [3.63, 3.8) is 0 Å². The minimum atomic E-state index is -2.69. The lowest BCUT2D eigenvalue weighted by Gasteiger charge is -1.97. The molecule has 21 heavy (non-hydrogen) atoms. The summed E-state index contributed by atoms with van der Waals surface area (Å²) in [4.78, 5) is 15.3. The molecule has 2 aromatic rings. The van der Waals surface area contributed by atoms with E-state index in [0.29, 0.717) is 11.1 Å². The van der Waals surface area contributed by atoms with Crippen molar-refractivity contribution in [1.29, 1.82) is 0 Å². The lowest BCUT2D eigenvalue weighted by molar-refractivity contribution is 0.0594. The van der Waals surface area contributed by atoms with E-state index in [1.807, 2.05) is 0 Å². The van der Waals surface area contributed by atoms with Gasteiger partial charge in [0.1, 0.15) is 5.69 Å². The summed E-state index contributed by atoms with van der Waals surface area (Å²) in [6.45, 7) is 0. The van der Waals surface area contributed by atoms with Crippen molar-refractivity contribution < 1.29 is 17.9 Å². The van der Waals surface area contributed by atoms with E-state index in [0.717, 1.165) is 0 Å². The Morgan fingerprint density at radius 1 is 1.14 bits per heavy atom. The molecule has 0 amide bonds. The maximum absolute atomic E-state index is 11.2. The molecular formula is C15H11NO4S. The Morgan fingerprint density at radius 3 is 2.52 bits per heavy atom. The van der Waals surface area contributed by atoms with Crippen LogP contribution in [0.4, 0.5) is 0 Å². The monoisotopic (exact) mass is 301 g/mol. The van der Waals surface area contributed by atoms with Crippen LogP contribution in [-0.4, -0.2) is 26.5 Å². The first-order chi connectivity index (χ1) is 10.1. The van der Waals surface area contributed by atoms with E-state index in [9.17, 15) is 13.2 Å². The number of methoxy groups -OCH3 is 1. The smallest absolute Gasteiger partial charge is 0.356 e. The summed E-state index contributed by atoms with van der Waals surface area (Å²) in [5, 5.41) is 0. The molecule has 1 aromatic heterocycles. The van der Waals surface area contributed by atoms with E-state index in [-0.39, 0.29) is 10.6 Å². The van der Waals surface area contributed by atoms with Crippen molar-refractivity contribution in [2.75, 3.05) is 7.11 Å². The van der Waals surface area contributed by atoms with Crippen LogP contribution in [0.5, 0.6) is 0 Å². The van der Waals surface area contributed by atoms with E-state index in [2.05, 4.69) is 21.6 Å². The molecule has 0 aliphatic carbocycles. The fourth-order valence-corrected chi connectivity index (χ4v) is 2.11. The van der Waals surface area contributed by atoms with Gasteiger partial charge in [-0.2, -0.15) is 0 Å². The SMILES string of the molecule is COC(=O)c1ccc(C#Cc2ccccc2[SH](=O)=O)cn1. The lowest BCUT2D eigenvalue weighted by Crippen LogP contribution is -2.03. The van der Waals surface area contributed by atoms with E-state index in [1.54, 1.807) is 24.3 Å². The van der Waals surface area contributed by atoms with Crippen molar-refractivity contribution in [2.24, 2.45) is 0 Å². The summed E-state index contributed by atoms with van der Waals surface area (Å²) >= 11 is 0. The van der Waals surface area contributed by atoms with Crippen molar-refractivity contribution in [1.82, 2.24) is 4.98 Å². The van der Waals surface area contributed by atoms with E-state index < -0.39 is 16.7 Å². The molecule has 0 bridgehead atoms. The Balaban J connectivity index is 2.30. The second kappa shape index (κ2) is 6.68. The Kier molecular flexibility index (Phi) is 4.69. The van der Waals surface area contributed by atoms with Crippen LogP contribution < -0.4 is 0 Å². The third kappa shape index (κ3) is 3.68. The fourth-order valence-electron chi connectivity index (χ4n) is 1.57. The van der Waals surface area contributed by atoms with Gasteiger partial charge in [-0.3, -0.25) is 0 Å². The van der Waals surface area contributed by atoms with E-state index in [4.69, 9.17) is 0 Å². The van der Waals surface area contributed by atoms with Crippen LogP contribution in [0.25, 0.3) is 0 Å². The van der Waals surface area contributed by atoms with E-state index in [1.165, 1.54) is 25.4 Å². The summed E-state index contributed by atoms with van der Waals surface area (Å²) in [6.07, 6.45) is 1.43. The fraction of sp³-hybridized carbons (Fsp3) is 0.0667. The summed E-state index contributed by atoms with van der Waals surface area (Å²) < 4.78 is 26.7. The van der Waals surface area contributed by atoms with E-state index >= 15 is 0 Å². The number of aromatic nitrogens is 1. The zero-order valence-corrected chi connectivity index (χ0v) is 12.0. The number of thiol groups is 1. The Hall–Kier alpha value is -2.65. The maximum atomic E-state index is 11.2. The van der Waals surface area contributed by atoms with Crippen molar-refractivity contribution in [3.8, 4) is 11.8 Å². The van der Waals surface area contributed by atoms with Gasteiger partial charge in [-0.25, -0.2) is 18.2 Å². The molecule has 1 aromatic carbocycles. The molecular weight excluding hydrogens is 290 g/mol. The van der Waals surface area contributed by atoms with Crippen LogP contribution in [-0.2, 0) is 15.4 Å². The number of carbonyl (C=O) groups excluding carboxylic acids is 1. The standard InChI is InChI=1S/C15H11NO4S/c1-20-15(17)13-9-7-11(10-16-13)6-8-12-4-2-3-5-14(12)21(18)19/h2-5,7,9-10,21H,1H3. The maximum Gasteiger partial charge on any atom is 0.356 e. The molecule has 0 N–H and O–H groups in total. The van der Waals surface area contributed by atoms with Gasteiger partial charge in [0.05, 0.1) is 12.0 Å². The Labute approximate surface area is 123 Å². The molecule has 0 unspecified atom stereocenters. The predicted octanol–water partition coefficient (Wildman–Crippen LogP) is 1.24. The first-order valence-corrected chi connectivity index (χ1v) is 7.09. The highest BCUT2D eigenvalue weighted by atomic mass is 32.2. The second-order valence-corrected chi connectivity index (χ2v) is 4.94. The van der Waals surface area contributed by atoms with Gasteiger partial charge in [0.2, 0.25) is 0 Å².